The van der Waals surface area contributed by atoms with Gasteiger partial charge in [-0.2, -0.15) is 0 Å². The van der Waals surface area contributed by atoms with Crippen molar-refractivity contribution in [1.29, 1.82) is 0 Å². The highest BCUT2D eigenvalue weighted by molar-refractivity contribution is 7.99. The molecule has 1 nitrogen and oxygen atoms in total. The minimum atomic E-state index is 1.02. The Bertz CT molecular complexity index is 1300. The molecule has 1 aliphatic heterocycles. The van der Waals surface area contributed by atoms with Crippen molar-refractivity contribution < 1.29 is 0 Å². The van der Waals surface area contributed by atoms with Crippen LogP contribution in [0, 0.1) is 6.92 Å². The second-order valence-electron chi connectivity index (χ2n) is 8.47. The van der Waals surface area contributed by atoms with Gasteiger partial charge in [0.25, 0.3) is 0 Å². The number of allylic oxidation sites excluding steroid dienone is 1. The summed E-state index contributed by atoms with van der Waals surface area (Å²) in [7, 11) is 0. The quantitative estimate of drug-likeness (QED) is 0.283. The van der Waals surface area contributed by atoms with Gasteiger partial charge in [-0.3, -0.25) is 0 Å². The highest BCUT2D eigenvalue weighted by Gasteiger charge is 2.26. The zero-order valence-corrected chi connectivity index (χ0v) is 18.5. The van der Waals surface area contributed by atoms with Crippen LogP contribution in [0.2, 0.25) is 0 Å². The van der Waals surface area contributed by atoms with E-state index in [1.54, 1.807) is 0 Å². The first-order valence-corrected chi connectivity index (χ1v) is 11.6. The largest absolute Gasteiger partial charge is 0.308 e. The minimum Gasteiger partial charge on any atom is -0.308 e. The maximum Gasteiger partial charge on any atom is 0.0601 e. The van der Waals surface area contributed by atoms with Crippen molar-refractivity contribution >= 4 is 34.9 Å². The Hall–Kier alpha value is -3.23. The number of benzene rings is 4. The first-order chi connectivity index (χ1) is 15.2. The Morgan fingerprint density at radius 2 is 1.39 bits per heavy atom. The molecule has 2 aliphatic rings. The van der Waals surface area contributed by atoms with E-state index < -0.39 is 0 Å². The summed E-state index contributed by atoms with van der Waals surface area (Å²) in [6, 6.07) is 31.2. The number of hydrogen-bond acceptors (Lipinski definition) is 2. The lowest BCUT2D eigenvalue weighted by atomic mass is 9.95. The molecule has 6 rings (SSSR count). The van der Waals surface area contributed by atoms with Gasteiger partial charge in [0, 0.05) is 15.5 Å². The lowest BCUT2D eigenvalue weighted by molar-refractivity contribution is 1.15. The second kappa shape index (κ2) is 7.18. The van der Waals surface area contributed by atoms with E-state index in [2.05, 4.69) is 110 Å². The molecule has 0 saturated heterocycles. The number of anilines is 3. The third kappa shape index (κ3) is 3.10. The number of rotatable bonds is 2. The average molecular weight is 418 g/mol. The van der Waals surface area contributed by atoms with Crippen molar-refractivity contribution in [3.05, 3.63) is 107 Å². The van der Waals surface area contributed by atoms with Crippen LogP contribution in [0.3, 0.4) is 0 Å². The van der Waals surface area contributed by atoms with Crippen LogP contribution in [0.25, 0.3) is 17.2 Å². The van der Waals surface area contributed by atoms with Crippen molar-refractivity contribution in [2.24, 2.45) is 0 Å². The molecule has 1 heterocycles. The van der Waals surface area contributed by atoms with Gasteiger partial charge >= 0.3 is 0 Å². The molecule has 0 bridgehead atoms. The van der Waals surface area contributed by atoms with E-state index in [4.69, 9.17) is 0 Å². The third-order valence-corrected chi connectivity index (χ3v) is 7.29. The summed E-state index contributed by atoms with van der Waals surface area (Å²) in [5, 5.41) is 0. The zero-order chi connectivity index (χ0) is 20.9. The van der Waals surface area contributed by atoms with Crippen molar-refractivity contribution in [2.75, 3.05) is 4.90 Å². The number of nitrogens with zero attached hydrogens (tertiary/aromatic N) is 1. The topological polar surface area (TPSA) is 3.24 Å². The molecule has 0 radical (unpaired) electrons. The molecule has 31 heavy (non-hydrogen) atoms. The molecule has 0 atom stereocenters. The minimum absolute atomic E-state index is 1.02. The lowest BCUT2D eigenvalue weighted by Gasteiger charge is -2.33. The molecule has 2 heteroatoms. The average Bonchev–Trinajstić information content (AvgIpc) is 3.17. The van der Waals surface area contributed by atoms with Gasteiger partial charge < -0.3 is 4.90 Å². The molecule has 4 aromatic carbocycles. The summed E-state index contributed by atoms with van der Waals surface area (Å²) < 4.78 is 0. The van der Waals surface area contributed by atoms with Crippen LogP contribution in [-0.2, 0) is 6.42 Å². The molecular weight excluding hydrogens is 394 g/mol. The van der Waals surface area contributed by atoms with Crippen molar-refractivity contribution in [3.63, 3.8) is 0 Å². The fourth-order valence-corrected chi connectivity index (χ4v) is 5.75. The number of para-hydroxylation sites is 2. The van der Waals surface area contributed by atoms with Gasteiger partial charge in [-0.15, -0.1) is 0 Å². The standard InChI is InChI=1S/C29H23NS/c1-19-11-13-21(14-12-19)25-18-23(17-22-15-20(2)16-24(22)25)30-26-7-3-5-9-28(26)31-29-10-6-4-8-27(29)30/h3-14,16-18H,15H2,1-2H3. The van der Waals surface area contributed by atoms with E-state index in [1.807, 2.05) is 11.8 Å². The monoisotopic (exact) mass is 417 g/mol. The van der Waals surface area contributed by atoms with Gasteiger partial charge in [0.15, 0.2) is 0 Å². The molecule has 0 amide bonds. The Morgan fingerprint density at radius 1 is 0.742 bits per heavy atom. The van der Waals surface area contributed by atoms with Gasteiger partial charge in [0.05, 0.1) is 11.4 Å². The third-order valence-electron chi connectivity index (χ3n) is 6.16. The summed E-state index contributed by atoms with van der Waals surface area (Å²) in [6.07, 6.45) is 3.39. The van der Waals surface area contributed by atoms with Crippen LogP contribution in [0.15, 0.2) is 100 Å². The predicted octanol–water partition coefficient (Wildman–Crippen LogP) is 8.56. The van der Waals surface area contributed by atoms with Crippen molar-refractivity contribution in [2.45, 2.75) is 30.1 Å². The summed E-state index contributed by atoms with van der Waals surface area (Å²) in [6.45, 7) is 4.38. The predicted molar refractivity (Wildman–Crippen MR) is 133 cm³/mol. The molecule has 0 saturated carbocycles. The highest BCUT2D eigenvalue weighted by Crippen LogP contribution is 2.52. The Morgan fingerprint density at radius 3 is 2.06 bits per heavy atom. The van der Waals surface area contributed by atoms with Gasteiger partial charge in [-0.25, -0.2) is 0 Å². The van der Waals surface area contributed by atoms with Gasteiger partial charge in [-0.1, -0.05) is 77.5 Å². The summed E-state index contributed by atoms with van der Waals surface area (Å²) >= 11 is 1.86. The molecule has 0 spiro atoms. The Labute approximate surface area is 188 Å². The highest BCUT2D eigenvalue weighted by atomic mass is 32.2. The Balaban J connectivity index is 1.60. The van der Waals surface area contributed by atoms with E-state index in [-0.39, 0.29) is 0 Å². The molecule has 1 aliphatic carbocycles. The molecular formula is C29H23NS. The maximum atomic E-state index is 2.44. The number of aryl methyl sites for hydroxylation is 1. The van der Waals surface area contributed by atoms with Crippen LogP contribution in [0.5, 0.6) is 0 Å². The SMILES string of the molecule is CC1=Cc2c(cc(N3c4ccccc4Sc4ccccc43)cc2-c2ccc(C)cc2)C1. The second-order valence-corrected chi connectivity index (χ2v) is 9.56. The van der Waals surface area contributed by atoms with Gasteiger partial charge in [-0.05, 0) is 78.9 Å². The molecule has 0 N–H and O–H groups in total. The maximum absolute atomic E-state index is 2.44. The van der Waals surface area contributed by atoms with E-state index in [1.165, 1.54) is 60.2 Å². The first-order valence-electron chi connectivity index (χ1n) is 10.7. The van der Waals surface area contributed by atoms with Crippen molar-refractivity contribution in [3.8, 4) is 11.1 Å². The van der Waals surface area contributed by atoms with Crippen LogP contribution in [-0.4, -0.2) is 0 Å². The fourth-order valence-electron chi connectivity index (χ4n) is 4.69. The summed E-state index contributed by atoms with van der Waals surface area (Å²) in [5.41, 5.74) is 11.8. The van der Waals surface area contributed by atoms with Gasteiger partial charge in [0.1, 0.15) is 0 Å². The van der Waals surface area contributed by atoms with E-state index in [0.29, 0.717) is 0 Å². The molecule has 150 valence electrons. The zero-order valence-electron chi connectivity index (χ0n) is 17.7. The van der Waals surface area contributed by atoms with Crippen molar-refractivity contribution in [1.82, 2.24) is 0 Å². The van der Waals surface area contributed by atoms with E-state index in [0.717, 1.165) is 6.42 Å². The molecule has 4 aromatic rings. The fraction of sp³-hybridized carbons (Fsp3) is 0.103. The molecule has 0 fully saturated rings. The molecule has 0 unspecified atom stereocenters. The summed E-state index contributed by atoms with van der Waals surface area (Å²) in [4.78, 5) is 5.04. The van der Waals surface area contributed by atoms with E-state index >= 15 is 0 Å². The molecule has 0 aromatic heterocycles. The number of fused-ring (bicyclic) bond motifs is 3. The van der Waals surface area contributed by atoms with Crippen LogP contribution in [0.1, 0.15) is 23.6 Å². The first kappa shape index (κ1) is 18.5. The Kier molecular flexibility index (Phi) is 4.29. The summed E-state index contributed by atoms with van der Waals surface area (Å²) in [5.74, 6) is 0. The van der Waals surface area contributed by atoms with E-state index in [9.17, 15) is 0 Å². The lowest BCUT2D eigenvalue weighted by Crippen LogP contribution is -2.15. The van der Waals surface area contributed by atoms with Crippen LogP contribution in [0.4, 0.5) is 17.1 Å². The number of hydrogen-bond donors (Lipinski definition) is 0. The smallest absolute Gasteiger partial charge is 0.0601 e. The van der Waals surface area contributed by atoms with Crippen LogP contribution >= 0.6 is 11.8 Å². The normalized spacial score (nSPS) is 14.0. The van der Waals surface area contributed by atoms with Gasteiger partial charge in [0.2, 0.25) is 0 Å². The van der Waals surface area contributed by atoms with Crippen LogP contribution < -0.4 is 4.90 Å².